The minimum atomic E-state index is -0.852. The van der Waals surface area contributed by atoms with Gasteiger partial charge >= 0.3 is 5.97 Å². The lowest BCUT2D eigenvalue weighted by molar-refractivity contribution is -0.147. The quantitative estimate of drug-likeness (QED) is 0.604. The molecule has 0 radical (unpaired) electrons. The van der Waals surface area contributed by atoms with Gasteiger partial charge in [-0.15, -0.1) is 0 Å². The van der Waals surface area contributed by atoms with Gasteiger partial charge in [0.15, 0.2) is 0 Å². The van der Waals surface area contributed by atoms with Crippen molar-refractivity contribution >= 4 is 11.9 Å². The molecule has 2 heterocycles. The van der Waals surface area contributed by atoms with Gasteiger partial charge in [0.25, 0.3) is 0 Å². The number of aliphatic carboxylic acids is 1. The molecule has 3 fully saturated rings. The molecule has 1 aliphatic carbocycles. The maximum atomic E-state index is 11.1. The fraction of sp³-hybridized carbons (Fsp3) is 0.750. The van der Waals surface area contributed by atoms with E-state index in [0.717, 1.165) is 12.8 Å². The lowest BCUT2D eigenvalue weighted by Crippen LogP contribution is -2.39. The smallest absolute Gasteiger partial charge is 0.326 e. The first kappa shape index (κ1) is 7.58. The van der Waals surface area contributed by atoms with Crippen LogP contribution < -0.4 is 0 Å². The Morgan fingerprint density at radius 2 is 2.00 bits per heavy atom. The maximum Gasteiger partial charge on any atom is 0.326 e. The summed E-state index contributed by atoms with van der Waals surface area (Å²) in [6.07, 6.45) is 1.77. The van der Waals surface area contributed by atoms with Crippen molar-refractivity contribution in [3.63, 3.8) is 0 Å². The minimum absolute atomic E-state index is 0.104. The highest BCUT2D eigenvalue weighted by molar-refractivity contribution is 5.84. The molecule has 2 bridgehead atoms. The number of rotatable bonds is 1. The van der Waals surface area contributed by atoms with Gasteiger partial charge in [0.1, 0.15) is 6.04 Å². The normalized spacial score (nSPS) is 37.8. The Labute approximate surface area is 70.2 Å². The Morgan fingerprint density at radius 1 is 1.42 bits per heavy atom. The number of carboxylic acids is 1. The molecule has 4 nitrogen and oxygen atoms in total. The fourth-order valence-corrected chi connectivity index (χ4v) is 2.34. The van der Waals surface area contributed by atoms with Crippen molar-refractivity contribution in [3.05, 3.63) is 0 Å². The Hall–Kier alpha value is -1.06. The van der Waals surface area contributed by atoms with Gasteiger partial charge in [-0.05, 0) is 18.8 Å². The standard InChI is InChI=1S/C8H11NO3/c1-4(10)9-6-2-5(3-6)7(9)8(11)12/h5-7H,2-3H2,1H3,(H,11,12). The summed E-state index contributed by atoms with van der Waals surface area (Å²) in [6, 6.07) is -0.318. The van der Waals surface area contributed by atoms with Crippen LogP contribution in [0.3, 0.4) is 0 Å². The lowest BCUT2D eigenvalue weighted by Gasteiger charge is -2.24. The highest BCUT2D eigenvalue weighted by atomic mass is 16.4. The molecule has 3 aliphatic rings. The number of hydrogen-bond donors (Lipinski definition) is 1. The number of hydrogen-bond acceptors (Lipinski definition) is 2. The van der Waals surface area contributed by atoms with Crippen LogP contribution in [0.2, 0.25) is 0 Å². The third kappa shape index (κ3) is 0.777. The monoisotopic (exact) mass is 169 g/mol. The average Bonchev–Trinajstić information content (AvgIpc) is 2.34. The van der Waals surface area contributed by atoms with E-state index < -0.39 is 12.0 Å². The molecule has 1 amide bonds. The third-order valence-electron chi connectivity index (χ3n) is 2.91. The van der Waals surface area contributed by atoms with E-state index in [9.17, 15) is 9.59 Å². The molecule has 12 heavy (non-hydrogen) atoms. The van der Waals surface area contributed by atoms with Crippen LogP contribution in [0.4, 0.5) is 0 Å². The van der Waals surface area contributed by atoms with Crippen LogP contribution in [0.15, 0.2) is 0 Å². The average molecular weight is 169 g/mol. The van der Waals surface area contributed by atoms with Crippen LogP contribution >= 0.6 is 0 Å². The summed E-state index contributed by atoms with van der Waals surface area (Å²) in [4.78, 5) is 23.3. The molecule has 0 aromatic carbocycles. The summed E-state index contributed by atoms with van der Waals surface area (Å²) in [5, 5.41) is 8.84. The summed E-state index contributed by atoms with van der Waals surface area (Å²) < 4.78 is 0. The first-order chi connectivity index (χ1) is 5.61. The molecule has 3 rings (SSSR count). The molecule has 1 unspecified atom stereocenters. The van der Waals surface area contributed by atoms with Crippen molar-refractivity contribution in [1.29, 1.82) is 0 Å². The van der Waals surface area contributed by atoms with E-state index in [1.807, 2.05) is 0 Å². The Kier molecular flexibility index (Phi) is 1.40. The van der Waals surface area contributed by atoms with Crippen molar-refractivity contribution < 1.29 is 14.7 Å². The summed E-state index contributed by atoms with van der Waals surface area (Å²) in [7, 11) is 0. The fourth-order valence-electron chi connectivity index (χ4n) is 2.34. The van der Waals surface area contributed by atoms with Crippen LogP contribution in [0.25, 0.3) is 0 Å². The number of carbonyl (C=O) groups is 2. The third-order valence-corrected chi connectivity index (χ3v) is 2.91. The van der Waals surface area contributed by atoms with Gasteiger partial charge in [-0.3, -0.25) is 4.79 Å². The van der Waals surface area contributed by atoms with Crippen molar-refractivity contribution in [2.75, 3.05) is 0 Å². The van der Waals surface area contributed by atoms with Crippen LogP contribution in [0, 0.1) is 5.92 Å². The summed E-state index contributed by atoms with van der Waals surface area (Å²) >= 11 is 0. The summed E-state index contributed by atoms with van der Waals surface area (Å²) in [5.41, 5.74) is 0. The van der Waals surface area contributed by atoms with Crippen molar-refractivity contribution in [2.24, 2.45) is 5.92 Å². The van der Waals surface area contributed by atoms with E-state index in [1.165, 1.54) is 11.8 Å². The molecule has 4 heteroatoms. The highest BCUT2D eigenvalue weighted by Gasteiger charge is 2.54. The first-order valence-electron chi connectivity index (χ1n) is 4.13. The molecule has 0 spiro atoms. The second-order valence-electron chi connectivity index (χ2n) is 3.59. The second kappa shape index (κ2) is 2.21. The van der Waals surface area contributed by atoms with Crippen molar-refractivity contribution in [3.8, 4) is 0 Å². The molecular formula is C8H11NO3. The molecule has 1 saturated carbocycles. The molecule has 0 aromatic heterocycles. The molecule has 0 aromatic rings. The zero-order valence-corrected chi connectivity index (χ0v) is 6.86. The number of carbonyl (C=O) groups excluding carboxylic acids is 1. The molecule has 2 saturated heterocycles. The number of carboxylic acid groups (broad SMARTS) is 1. The van der Waals surface area contributed by atoms with Crippen LogP contribution in [0.1, 0.15) is 19.8 Å². The van der Waals surface area contributed by atoms with E-state index in [4.69, 9.17) is 5.11 Å². The lowest BCUT2D eigenvalue weighted by atomic mass is 9.83. The van der Waals surface area contributed by atoms with Gasteiger partial charge < -0.3 is 10.0 Å². The van der Waals surface area contributed by atoms with E-state index in [-0.39, 0.29) is 17.9 Å². The summed E-state index contributed by atoms with van der Waals surface area (Å²) in [5.74, 6) is -0.737. The molecule has 66 valence electrons. The van der Waals surface area contributed by atoms with E-state index >= 15 is 0 Å². The SMILES string of the molecule is CC(=O)N1C2CC(C2)C1C(=O)O. The Bertz CT molecular complexity index is 221. The van der Waals surface area contributed by atoms with E-state index in [0.29, 0.717) is 0 Å². The molecule has 1 atom stereocenters. The van der Waals surface area contributed by atoms with Gasteiger partial charge in [-0.1, -0.05) is 0 Å². The predicted octanol–water partition coefficient (Wildman–Crippen LogP) is 0.0803. The van der Waals surface area contributed by atoms with Crippen LogP contribution in [-0.4, -0.2) is 34.0 Å². The van der Waals surface area contributed by atoms with Crippen molar-refractivity contribution in [1.82, 2.24) is 4.90 Å². The van der Waals surface area contributed by atoms with Gasteiger partial charge in [0.2, 0.25) is 5.91 Å². The number of fused-ring (bicyclic) bond motifs is 1. The minimum Gasteiger partial charge on any atom is -0.480 e. The zero-order chi connectivity index (χ0) is 8.88. The van der Waals surface area contributed by atoms with E-state index in [2.05, 4.69) is 0 Å². The van der Waals surface area contributed by atoms with E-state index in [1.54, 1.807) is 0 Å². The van der Waals surface area contributed by atoms with Gasteiger partial charge in [-0.2, -0.15) is 0 Å². The highest BCUT2D eigenvalue weighted by Crippen LogP contribution is 2.45. The van der Waals surface area contributed by atoms with Crippen LogP contribution in [-0.2, 0) is 9.59 Å². The first-order valence-corrected chi connectivity index (χ1v) is 4.13. The molecule has 1 N–H and O–H groups in total. The van der Waals surface area contributed by atoms with Gasteiger partial charge in [-0.25, -0.2) is 4.79 Å². The Balaban J connectivity index is 2.22. The Morgan fingerprint density at radius 3 is 2.33 bits per heavy atom. The maximum absolute atomic E-state index is 11.1. The molecule has 2 aliphatic heterocycles. The van der Waals surface area contributed by atoms with Crippen molar-refractivity contribution in [2.45, 2.75) is 31.8 Å². The number of nitrogens with zero attached hydrogens (tertiary/aromatic N) is 1. The zero-order valence-electron chi connectivity index (χ0n) is 6.86. The topological polar surface area (TPSA) is 57.6 Å². The van der Waals surface area contributed by atoms with Gasteiger partial charge in [0.05, 0.1) is 0 Å². The number of amides is 1. The predicted molar refractivity (Wildman–Crippen MR) is 40.5 cm³/mol. The summed E-state index contributed by atoms with van der Waals surface area (Å²) in [6.45, 7) is 1.44. The second-order valence-corrected chi connectivity index (χ2v) is 3.59. The van der Waals surface area contributed by atoms with Gasteiger partial charge in [0, 0.05) is 13.0 Å². The van der Waals surface area contributed by atoms with Crippen LogP contribution in [0.5, 0.6) is 0 Å². The molecular weight excluding hydrogens is 158 g/mol. The largest absolute Gasteiger partial charge is 0.480 e.